The molecule has 0 fully saturated rings. The molecule has 1 heterocycles. The minimum absolute atomic E-state index is 0.0405. The van der Waals surface area contributed by atoms with E-state index in [1.54, 1.807) is 25.1 Å². The van der Waals surface area contributed by atoms with Gasteiger partial charge in [-0.1, -0.05) is 35.9 Å². The topological polar surface area (TPSA) is 70.4 Å². The van der Waals surface area contributed by atoms with Crippen molar-refractivity contribution >= 4 is 17.6 Å². The Morgan fingerprint density at radius 1 is 1.13 bits per heavy atom. The quantitative estimate of drug-likeness (QED) is 0.509. The van der Waals surface area contributed by atoms with E-state index in [0.717, 1.165) is 22.9 Å². The second-order valence-corrected chi connectivity index (χ2v) is 6.67. The third-order valence-corrected chi connectivity index (χ3v) is 4.41. The molecule has 0 radical (unpaired) electrons. The smallest absolute Gasteiger partial charge is 0.416 e. The maximum Gasteiger partial charge on any atom is 0.416 e. The van der Waals surface area contributed by atoms with E-state index in [1.807, 2.05) is 0 Å². The summed E-state index contributed by atoms with van der Waals surface area (Å²) in [6.07, 6.45) is -4.51. The van der Waals surface area contributed by atoms with Gasteiger partial charge >= 0.3 is 12.1 Å². The van der Waals surface area contributed by atoms with Gasteiger partial charge in [0.25, 0.3) is 5.56 Å². The van der Waals surface area contributed by atoms with Crippen LogP contribution in [0.3, 0.4) is 0 Å². The number of halogens is 4. The standard InChI is InChI=1S/C21H16ClF3N2O4/c1-2-30-20(29)19-17(31-12-13-6-5-7-14(10-13)21(23,24)25)11-18(28)27(26-19)16-9-4-3-8-15(16)22/h3-11H,2,12H2,1H3. The van der Waals surface area contributed by atoms with E-state index in [9.17, 15) is 22.8 Å². The van der Waals surface area contributed by atoms with Gasteiger partial charge in [0.2, 0.25) is 5.69 Å². The van der Waals surface area contributed by atoms with Crippen LogP contribution in [0, 0.1) is 0 Å². The van der Waals surface area contributed by atoms with Crippen LogP contribution in [0.15, 0.2) is 59.4 Å². The van der Waals surface area contributed by atoms with Gasteiger partial charge in [0.05, 0.1) is 28.9 Å². The third kappa shape index (κ3) is 5.24. The molecule has 0 saturated carbocycles. The molecule has 0 N–H and O–H groups in total. The van der Waals surface area contributed by atoms with Gasteiger partial charge in [0.1, 0.15) is 6.61 Å². The van der Waals surface area contributed by atoms with E-state index in [0.29, 0.717) is 0 Å². The Hall–Kier alpha value is -3.33. The largest absolute Gasteiger partial charge is 0.486 e. The van der Waals surface area contributed by atoms with Crippen molar-refractivity contribution in [3.63, 3.8) is 0 Å². The van der Waals surface area contributed by atoms with Crippen molar-refractivity contribution in [3.8, 4) is 11.4 Å². The molecular formula is C21H16ClF3N2O4. The summed E-state index contributed by atoms with van der Waals surface area (Å²) in [7, 11) is 0. The van der Waals surface area contributed by atoms with Gasteiger partial charge < -0.3 is 9.47 Å². The zero-order valence-electron chi connectivity index (χ0n) is 16.1. The van der Waals surface area contributed by atoms with E-state index in [4.69, 9.17) is 21.1 Å². The van der Waals surface area contributed by atoms with E-state index in [2.05, 4.69) is 5.10 Å². The van der Waals surface area contributed by atoms with Crippen molar-refractivity contribution in [1.29, 1.82) is 0 Å². The highest BCUT2D eigenvalue weighted by molar-refractivity contribution is 6.32. The van der Waals surface area contributed by atoms with Gasteiger partial charge in [-0.05, 0) is 36.8 Å². The van der Waals surface area contributed by atoms with E-state index < -0.39 is 23.3 Å². The van der Waals surface area contributed by atoms with Crippen LogP contribution in [0.5, 0.6) is 5.75 Å². The molecule has 0 atom stereocenters. The van der Waals surface area contributed by atoms with E-state index >= 15 is 0 Å². The van der Waals surface area contributed by atoms with Crippen molar-refractivity contribution in [2.75, 3.05) is 6.61 Å². The van der Waals surface area contributed by atoms with Crippen LogP contribution in [-0.4, -0.2) is 22.4 Å². The lowest BCUT2D eigenvalue weighted by Crippen LogP contribution is -2.25. The Kier molecular flexibility index (Phi) is 6.65. The molecule has 0 bridgehead atoms. The molecule has 0 aliphatic carbocycles. The third-order valence-electron chi connectivity index (χ3n) is 4.09. The Labute approximate surface area is 179 Å². The molecule has 3 rings (SSSR count). The first kappa shape index (κ1) is 22.4. The van der Waals surface area contributed by atoms with E-state index in [-0.39, 0.29) is 40.9 Å². The first-order chi connectivity index (χ1) is 14.7. The number of hydrogen-bond donors (Lipinski definition) is 0. The van der Waals surface area contributed by atoms with Gasteiger partial charge in [-0.15, -0.1) is 0 Å². The molecule has 6 nitrogen and oxygen atoms in total. The number of ether oxygens (including phenoxy) is 2. The van der Waals surface area contributed by atoms with Crippen LogP contribution in [0.25, 0.3) is 5.69 Å². The predicted octanol–water partition coefficient (Wildman–Crippen LogP) is 4.66. The maximum absolute atomic E-state index is 12.9. The summed E-state index contributed by atoms with van der Waals surface area (Å²) in [5.74, 6) is -1.08. The van der Waals surface area contributed by atoms with Gasteiger partial charge in [-0.2, -0.15) is 23.0 Å². The molecule has 2 aromatic carbocycles. The summed E-state index contributed by atoms with van der Waals surface area (Å²) in [5, 5.41) is 4.26. The van der Waals surface area contributed by atoms with Crippen molar-refractivity contribution in [2.45, 2.75) is 19.7 Å². The summed E-state index contributed by atoms with van der Waals surface area (Å²) < 4.78 is 50.1. The Balaban J connectivity index is 1.98. The first-order valence-electron chi connectivity index (χ1n) is 9.06. The lowest BCUT2D eigenvalue weighted by atomic mass is 10.1. The molecular weight excluding hydrogens is 437 g/mol. The second kappa shape index (κ2) is 9.22. The SMILES string of the molecule is CCOC(=O)c1nn(-c2ccccc2Cl)c(=O)cc1OCc1cccc(C(F)(F)F)c1. The van der Waals surface area contributed by atoms with Crippen LogP contribution < -0.4 is 10.3 Å². The van der Waals surface area contributed by atoms with Crippen LogP contribution in [-0.2, 0) is 17.5 Å². The predicted molar refractivity (Wildman–Crippen MR) is 107 cm³/mol. The Morgan fingerprint density at radius 2 is 1.87 bits per heavy atom. The molecule has 162 valence electrons. The lowest BCUT2D eigenvalue weighted by molar-refractivity contribution is -0.137. The maximum atomic E-state index is 12.9. The number of benzene rings is 2. The fourth-order valence-corrected chi connectivity index (χ4v) is 2.90. The Bertz CT molecular complexity index is 1160. The van der Waals surface area contributed by atoms with Crippen LogP contribution in [0.4, 0.5) is 13.2 Å². The van der Waals surface area contributed by atoms with Crippen LogP contribution in [0.1, 0.15) is 28.5 Å². The number of carbonyl (C=O) groups is 1. The number of aromatic nitrogens is 2. The fraction of sp³-hybridized carbons (Fsp3) is 0.190. The van der Waals surface area contributed by atoms with Gasteiger partial charge in [0.15, 0.2) is 5.75 Å². The Morgan fingerprint density at radius 3 is 2.55 bits per heavy atom. The molecule has 0 spiro atoms. The van der Waals surface area contributed by atoms with Crippen LogP contribution in [0.2, 0.25) is 5.02 Å². The number of para-hydroxylation sites is 1. The zero-order chi connectivity index (χ0) is 22.6. The number of nitrogens with zero attached hydrogens (tertiary/aromatic N) is 2. The summed E-state index contributed by atoms with van der Waals surface area (Å²) in [6.45, 7) is 1.30. The molecule has 1 aromatic heterocycles. The molecule has 0 saturated heterocycles. The summed E-state index contributed by atoms with van der Waals surface area (Å²) in [6, 6.07) is 11.9. The van der Waals surface area contributed by atoms with Gasteiger partial charge in [0, 0.05) is 0 Å². The van der Waals surface area contributed by atoms with Crippen molar-refractivity contribution < 1.29 is 27.4 Å². The number of esters is 1. The molecule has 3 aromatic rings. The minimum atomic E-state index is -4.51. The van der Waals surface area contributed by atoms with Crippen molar-refractivity contribution in [3.05, 3.63) is 86.8 Å². The summed E-state index contributed by atoms with van der Waals surface area (Å²) in [4.78, 5) is 25.0. The number of alkyl halides is 3. The average Bonchev–Trinajstić information content (AvgIpc) is 2.72. The van der Waals surface area contributed by atoms with E-state index in [1.165, 1.54) is 18.2 Å². The van der Waals surface area contributed by atoms with Gasteiger partial charge in [-0.3, -0.25) is 4.79 Å². The van der Waals surface area contributed by atoms with Gasteiger partial charge in [-0.25, -0.2) is 4.79 Å². The highest BCUT2D eigenvalue weighted by Gasteiger charge is 2.30. The second-order valence-electron chi connectivity index (χ2n) is 6.27. The van der Waals surface area contributed by atoms with Crippen molar-refractivity contribution in [1.82, 2.24) is 9.78 Å². The summed E-state index contributed by atoms with van der Waals surface area (Å²) in [5.41, 5.74) is -1.37. The summed E-state index contributed by atoms with van der Waals surface area (Å²) >= 11 is 6.12. The average molecular weight is 453 g/mol. The van der Waals surface area contributed by atoms with Crippen molar-refractivity contribution in [2.24, 2.45) is 0 Å². The highest BCUT2D eigenvalue weighted by Crippen LogP contribution is 2.30. The monoisotopic (exact) mass is 452 g/mol. The number of hydrogen-bond acceptors (Lipinski definition) is 5. The highest BCUT2D eigenvalue weighted by atomic mass is 35.5. The molecule has 0 unspecified atom stereocenters. The lowest BCUT2D eigenvalue weighted by Gasteiger charge is -2.14. The fourth-order valence-electron chi connectivity index (χ4n) is 2.69. The minimum Gasteiger partial charge on any atom is -0.486 e. The zero-order valence-corrected chi connectivity index (χ0v) is 16.9. The van der Waals surface area contributed by atoms with Crippen LogP contribution >= 0.6 is 11.6 Å². The normalized spacial score (nSPS) is 11.3. The number of rotatable bonds is 6. The first-order valence-corrected chi connectivity index (χ1v) is 9.44. The number of carbonyl (C=O) groups excluding carboxylic acids is 1. The molecule has 31 heavy (non-hydrogen) atoms. The molecule has 0 aliphatic rings. The molecule has 0 aliphatic heterocycles. The molecule has 10 heteroatoms. The molecule has 0 amide bonds.